The molecule has 0 radical (unpaired) electrons. The van der Waals surface area contributed by atoms with Crippen LogP contribution in [0, 0.1) is 6.92 Å². The van der Waals surface area contributed by atoms with Gasteiger partial charge >= 0.3 is 5.97 Å². The molecule has 0 spiro atoms. The minimum atomic E-state index is -0.710. The Morgan fingerprint density at radius 2 is 2.14 bits per heavy atom. The third-order valence-corrected chi connectivity index (χ3v) is 5.32. The van der Waals surface area contributed by atoms with E-state index in [0.717, 1.165) is 4.88 Å². The first kappa shape index (κ1) is 19.0. The van der Waals surface area contributed by atoms with E-state index in [-0.39, 0.29) is 11.4 Å². The Labute approximate surface area is 169 Å². The van der Waals surface area contributed by atoms with E-state index in [4.69, 9.17) is 9.15 Å². The lowest BCUT2D eigenvalue weighted by Crippen LogP contribution is -2.23. The van der Waals surface area contributed by atoms with E-state index in [9.17, 15) is 9.59 Å². The van der Waals surface area contributed by atoms with Crippen molar-refractivity contribution >= 4 is 28.3 Å². The monoisotopic (exact) mass is 410 g/mol. The van der Waals surface area contributed by atoms with Crippen LogP contribution in [0.25, 0.3) is 21.8 Å². The molecule has 3 aromatic heterocycles. The largest absolute Gasteiger partial charge is 0.449 e. The van der Waals surface area contributed by atoms with Gasteiger partial charge in [-0.3, -0.25) is 4.79 Å². The van der Waals surface area contributed by atoms with Crippen LogP contribution in [0.15, 0.2) is 44.9 Å². The fourth-order valence-electron chi connectivity index (χ4n) is 2.99. The maximum atomic E-state index is 12.6. The number of fused-ring (bicyclic) bond motifs is 1. The molecule has 0 amide bonds. The topological polar surface area (TPSA) is 100 Å². The average Bonchev–Trinajstić information content (AvgIpc) is 3.40. The standard InChI is InChI=1S/C20H18N4O4S/c1-4-24-15-8-7-13(10-14(15)21-11(2)19(24)25)20(26)27-12(3)17-22-23-18(28-17)16-6-5-9-29-16/h5-10,12H,4H2,1-3H3/t12-/m0/s1. The first-order chi connectivity index (χ1) is 14.0. The van der Waals surface area contributed by atoms with Crippen molar-refractivity contribution in [2.75, 3.05) is 0 Å². The SMILES string of the molecule is CCn1c(=O)c(C)nc2cc(C(=O)O[C@@H](C)c3nnc(-c4cccs4)o3)ccc21. The van der Waals surface area contributed by atoms with Gasteiger partial charge in [-0.1, -0.05) is 6.07 Å². The Hall–Kier alpha value is -3.33. The van der Waals surface area contributed by atoms with E-state index in [2.05, 4.69) is 15.2 Å². The third kappa shape index (κ3) is 3.56. The van der Waals surface area contributed by atoms with Gasteiger partial charge < -0.3 is 13.7 Å². The molecule has 0 aliphatic carbocycles. The molecule has 0 aliphatic rings. The minimum Gasteiger partial charge on any atom is -0.449 e. The lowest BCUT2D eigenvalue weighted by atomic mass is 10.2. The lowest BCUT2D eigenvalue weighted by molar-refractivity contribution is 0.0280. The molecule has 4 aromatic rings. The summed E-state index contributed by atoms with van der Waals surface area (Å²) in [5.41, 5.74) is 1.80. The number of aromatic nitrogens is 4. The molecule has 148 valence electrons. The van der Waals surface area contributed by atoms with Gasteiger partial charge in [0.05, 0.1) is 21.5 Å². The highest BCUT2D eigenvalue weighted by Gasteiger charge is 2.21. The van der Waals surface area contributed by atoms with Crippen LogP contribution in [0.4, 0.5) is 0 Å². The lowest BCUT2D eigenvalue weighted by Gasteiger charge is -2.12. The maximum absolute atomic E-state index is 12.6. The molecule has 4 rings (SSSR count). The Balaban J connectivity index is 1.57. The van der Waals surface area contributed by atoms with Crippen LogP contribution >= 0.6 is 11.3 Å². The molecule has 1 atom stereocenters. The number of esters is 1. The van der Waals surface area contributed by atoms with Crippen LogP contribution in [-0.2, 0) is 11.3 Å². The van der Waals surface area contributed by atoms with Gasteiger partial charge in [-0.15, -0.1) is 21.5 Å². The van der Waals surface area contributed by atoms with Gasteiger partial charge in [-0.05, 0) is 50.4 Å². The second-order valence-corrected chi connectivity index (χ2v) is 7.37. The first-order valence-electron chi connectivity index (χ1n) is 9.07. The molecule has 0 aliphatic heterocycles. The fourth-order valence-corrected chi connectivity index (χ4v) is 3.64. The van der Waals surface area contributed by atoms with Crippen LogP contribution in [-0.4, -0.2) is 25.7 Å². The number of ether oxygens (including phenoxy) is 1. The zero-order valence-corrected chi connectivity index (χ0v) is 16.9. The minimum absolute atomic E-state index is 0.137. The van der Waals surface area contributed by atoms with E-state index >= 15 is 0 Å². The number of thiophene rings is 1. The van der Waals surface area contributed by atoms with E-state index in [1.807, 2.05) is 24.4 Å². The second-order valence-electron chi connectivity index (χ2n) is 6.42. The molecular weight excluding hydrogens is 392 g/mol. The Kier molecular flexibility index (Phi) is 4.98. The summed E-state index contributed by atoms with van der Waals surface area (Å²) in [6.45, 7) is 5.73. The summed E-state index contributed by atoms with van der Waals surface area (Å²) >= 11 is 1.48. The van der Waals surface area contributed by atoms with Crippen molar-refractivity contribution in [2.24, 2.45) is 0 Å². The summed E-state index contributed by atoms with van der Waals surface area (Å²) < 4.78 is 12.7. The van der Waals surface area contributed by atoms with Gasteiger partial charge in [0.15, 0.2) is 6.10 Å². The number of carbonyl (C=O) groups is 1. The van der Waals surface area contributed by atoms with Crippen molar-refractivity contribution < 1.29 is 13.9 Å². The summed E-state index contributed by atoms with van der Waals surface area (Å²) in [4.78, 5) is 30.0. The van der Waals surface area contributed by atoms with E-state index in [1.165, 1.54) is 11.3 Å². The number of rotatable bonds is 5. The van der Waals surface area contributed by atoms with Crippen molar-refractivity contribution in [1.82, 2.24) is 19.7 Å². The highest BCUT2D eigenvalue weighted by atomic mass is 32.1. The second kappa shape index (κ2) is 7.59. The number of benzene rings is 1. The third-order valence-electron chi connectivity index (χ3n) is 4.47. The molecule has 0 fully saturated rings. The summed E-state index contributed by atoms with van der Waals surface area (Å²) in [6.07, 6.45) is -0.710. The van der Waals surface area contributed by atoms with Crippen molar-refractivity contribution in [2.45, 2.75) is 33.4 Å². The van der Waals surface area contributed by atoms with Crippen molar-refractivity contribution in [3.05, 3.63) is 63.2 Å². The van der Waals surface area contributed by atoms with E-state index < -0.39 is 12.1 Å². The van der Waals surface area contributed by atoms with Gasteiger partial charge in [0.2, 0.25) is 0 Å². The van der Waals surface area contributed by atoms with Gasteiger partial charge in [-0.25, -0.2) is 9.78 Å². The number of hydrogen-bond acceptors (Lipinski definition) is 8. The predicted octanol–water partition coefficient (Wildman–Crippen LogP) is 3.75. The Bertz CT molecular complexity index is 1240. The molecule has 9 heteroatoms. The summed E-state index contributed by atoms with van der Waals surface area (Å²) in [5, 5.41) is 9.89. The molecule has 1 aromatic carbocycles. The molecule has 0 saturated heterocycles. The normalized spacial score (nSPS) is 12.2. The maximum Gasteiger partial charge on any atom is 0.338 e. The molecule has 29 heavy (non-hydrogen) atoms. The van der Waals surface area contributed by atoms with E-state index in [1.54, 1.807) is 36.6 Å². The van der Waals surface area contributed by atoms with Crippen LogP contribution in [0.3, 0.4) is 0 Å². The highest BCUT2D eigenvalue weighted by Crippen LogP contribution is 2.26. The van der Waals surface area contributed by atoms with Gasteiger partial charge in [0.25, 0.3) is 17.3 Å². The molecule has 3 heterocycles. The zero-order valence-electron chi connectivity index (χ0n) is 16.1. The number of hydrogen-bond donors (Lipinski definition) is 0. The molecule has 0 saturated carbocycles. The zero-order chi connectivity index (χ0) is 20.5. The Morgan fingerprint density at radius 1 is 1.31 bits per heavy atom. The number of nitrogens with zero attached hydrogens (tertiary/aromatic N) is 4. The number of aryl methyl sites for hydroxylation is 2. The summed E-state index contributed by atoms with van der Waals surface area (Å²) in [6, 6.07) is 8.70. The van der Waals surface area contributed by atoms with Gasteiger partial charge in [0, 0.05) is 6.54 Å². The molecular formula is C20H18N4O4S. The van der Waals surface area contributed by atoms with Crippen LogP contribution in [0.1, 0.15) is 41.9 Å². The van der Waals surface area contributed by atoms with Crippen LogP contribution in [0.2, 0.25) is 0 Å². The smallest absolute Gasteiger partial charge is 0.338 e. The predicted molar refractivity (Wildman–Crippen MR) is 108 cm³/mol. The molecule has 0 N–H and O–H groups in total. The van der Waals surface area contributed by atoms with Crippen molar-refractivity contribution in [3.8, 4) is 10.8 Å². The van der Waals surface area contributed by atoms with E-state index in [0.29, 0.717) is 34.7 Å². The molecule has 0 unspecified atom stereocenters. The van der Waals surface area contributed by atoms with Crippen molar-refractivity contribution in [3.63, 3.8) is 0 Å². The van der Waals surface area contributed by atoms with Gasteiger partial charge in [-0.2, -0.15) is 0 Å². The average molecular weight is 410 g/mol. The Morgan fingerprint density at radius 3 is 2.86 bits per heavy atom. The summed E-state index contributed by atoms with van der Waals surface area (Å²) in [5.74, 6) is 0.0705. The number of carbonyl (C=O) groups excluding carboxylic acids is 1. The quantitative estimate of drug-likeness (QED) is 0.462. The van der Waals surface area contributed by atoms with Crippen LogP contribution < -0.4 is 5.56 Å². The molecule has 8 nitrogen and oxygen atoms in total. The van der Waals surface area contributed by atoms with Crippen molar-refractivity contribution in [1.29, 1.82) is 0 Å². The highest BCUT2D eigenvalue weighted by molar-refractivity contribution is 7.13. The summed E-state index contributed by atoms with van der Waals surface area (Å²) in [7, 11) is 0. The fraction of sp³-hybridized carbons (Fsp3) is 0.250. The first-order valence-corrected chi connectivity index (χ1v) is 9.95. The molecule has 0 bridgehead atoms. The van der Waals surface area contributed by atoms with Gasteiger partial charge in [0.1, 0.15) is 5.69 Å². The van der Waals surface area contributed by atoms with Crippen LogP contribution in [0.5, 0.6) is 0 Å².